The zero-order valence-corrected chi connectivity index (χ0v) is 17.8. The van der Waals surface area contributed by atoms with E-state index in [-0.39, 0.29) is 10.3 Å². The predicted octanol–water partition coefficient (Wildman–Crippen LogP) is 5.19. The van der Waals surface area contributed by atoms with Crippen molar-refractivity contribution in [3.05, 3.63) is 82.0 Å². The van der Waals surface area contributed by atoms with Crippen LogP contribution in [0.15, 0.2) is 80.8 Å². The number of fused-ring (bicyclic) bond motifs is 1. The third-order valence-corrected chi connectivity index (χ3v) is 6.14. The summed E-state index contributed by atoms with van der Waals surface area (Å²) in [5.41, 5.74) is 1.62. The van der Waals surface area contributed by atoms with E-state index in [9.17, 15) is 13.2 Å². The fourth-order valence-electron chi connectivity index (χ4n) is 3.31. The molecule has 0 amide bonds. The minimum Gasteiger partial charge on any atom is -0.496 e. The zero-order chi connectivity index (χ0) is 21.5. The van der Waals surface area contributed by atoms with Gasteiger partial charge in [0.25, 0.3) is 0 Å². The molecule has 30 heavy (non-hydrogen) atoms. The van der Waals surface area contributed by atoms with Crippen molar-refractivity contribution in [1.29, 1.82) is 0 Å². The second-order valence-electron chi connectivity index (χ2n) is 6.77. The second-order valence-corrected chi connectivity index (χ2v) is 9.22. The lowest BCUT2D eigenvalue weighted by atomic mass is 9.97. The maximum atomic E-state index is 13.5. The molecule has 7 heteroatoms. The second kappa shape index (κ2) is 7.63. The molecule has 0 fully saturated rings. The first-order valence-electron chi connectivity index (χ1n) is 9.00. The normalized spacial score (nSPS) is 11.6. The Hall–Kier alpha value is -3.09. The molecule has 0 N–H and O–H groups in total. The average Bonchev–Trinajstić information content (AvgIpc) is 2.73. The third kappa shape index (κ3) is 3.60. The molecule has 152 valence electrons. The lowest BCUT2D eigenvalue weighted by Crippen LogP contribution is -2.08. The van der Waals surface area contributed by atoms with Crippen molar-refractivity contribution in [2.75, 3.05) is 13.4 Å². The molecule has 0 unspecified atom stereocenters. The molecule has 0 saturated heterocycles. The molecule has 0 saturated carbocycles. The van der Waals surface area contributed by atoms with E-state index in [1.54, 1.807) is 54.6 Å². The quantitative estimate of drug-likeness (QED) is 0.436. The molecule has 0 aliphatic heterocycles. The Labute approximate surface area is 178 Å². The third-order valence-electron chi connectivity index (χ3n) is 4.78. The topological polar surface area (TPSA) is 73.6 Å². The summed E-state index contributed by atoms with van der Waals surface area (Å²) in [6.07, 6.45) is 1.14. The van der Waals surface area contributed by atoms with Gasteiger partial charge in [0.2, 0.25) is 5.43 Å². The zero-order valence-electron chi connectivity index (χ0n) is 16.2. The summed E-state index contributed by atoms with van der Waals surface area (Å²) in [4.78, 5) is 13.6. The summed E-state index contributed by atoms with van der Waals surface area (Å²) in [5, 5.41) is 0.904. The number of para-hydroxylation sites is 1. The van der Waals surface area contributed by atoms with Crippen LogP contribution in [-0.2, 0) is 9.84 Å². The molecule has 5 nitrogen and oxygen atoms in total. The highest BCUT2D eigenvalue weighted by molar-refractivity contribution is 7.90. The Morgan fingerprint density at radius 2 is 1.67 bits per heavy atom. The van der Waals surface area contributed by atoms with Crippen LogP contribution in [0.2, 0.25) is 5.02 Å². The Morgan fingerprint density at radius 1 is 0.967 bits per heavy atom. The highest BCUT2D eigenvalue weighted by atomic mass is 35.5. The van der Waals surface area contributed by atoms with Crippen molar-refractivity contribution in [2.24, 2.45) is 0 Å². The monoisotopic (exact) mass is 440 g/mol. The Balaban J connectivity index is 2.07. The molecule has 1 aromatic heterocycles. The number of rotatable bonds is 4. The molecular weight excluding hydrogens is 424 g/mol. The van der Waals surface area contributed by atoms with E-state index in [1.165, 1.54) is 19.2 Å². The largest absolute Gasteiger partial charge is 0.496 e. The number of methoxy groups -OCH3 is 1. The fraction of sp³-hybridized carbons (Fsp3) is 0.0870. The molecule has 3 aromatic carbocycles. The van der Waals surface area contributed by atoms with E-state index >= 15 is 0 Å². The first-order chi connectivity index (χ1) is 14.3. The average molecular weight is 441 g/mol. The summed E-state index contributed by atoms with van der Waals surface area (Å²) in [6, 6.07) is 18.2. The van der Waals surface area contributed by atoms with Crippen LogP contribution in [0.3, 0.4) is 0 Å². The molecule has 4 aromatic rings. The van der Waals surface area contributed by atoms with Gasteiger partial charge >= 0.3 is 0 Å². The Bertz CT molecular complexity index is 1420. The summed E-state index contributed by atoms with van der Waals surface area (Å²) in [7, 11) is -1.85. The first-order valence-corrected chi connectivity index (χ1v) is 11.3. The number of hydrogen-bond donors (Lipinski definition) is 0. The number of hydrogen-bond acceptors (Lipinski definition) is 5. The van der Waals surface area contributed by atoms with E-state index in [1.807, 2.05) is 0 Å². The molecule has 1 heterocycles. The van der Waals surface area contributed by atoms with Crippen LogP contribution in [0.4, 0.5) is 0 Å². The Morgan fingerprint density at radius 3 is 2.33 bits per heavy atom. The molecule has 0 aliphatic carbocycles. The Kier molecular flexibility index (Phi) is 5.13. The summed E-state index contributed by atoms with van der Waals surface area (Å²) < 4.78 is 35.2. The minimum atomic E-state index is -3.35. The van der Waals surface area contributed by atoms with Crippen LogP contribution < -0.4 is 10.2 Å². The first kappa shape index (κ1) is 20.2. The van der Waals surface area contributed by atoms with Gasteiger partial charge < -0.3 is 9.15 Å². The van der Waals surface area contributed by atoms with Crippen LogP contribution in [0.5, 0.6) is 5.75 Å². The van der Waals surface area contributed by atoms with Gasteiger partial charge in [0.1, 0.15) is 17.1 Å². The van der Waals surface area contributed by atoms with E-state index in [0.29, 0.717) is 44.2 Å². The van der Waals surface area contributed by atoms with E-state index in [2.05, 4.69) is 0 Å². The van der Waals surface area contributed by atoms with Crippen LogP contribution in [-0.4, -0.2) is 21.8 Å². The number of ether oxygens (including phenoxy) is 1. The van der Waals surface area contributed by atoms with Gasteiger partial charge in [-0.2, -0.15) is 0 Å². The van der Waals surface area contributed by atoms with Crippen LogP contribution in [0, 0.1) is 0 Å². The standard InChI is InChI=1S/C23H17ClO5S/c1-28-20-13-15(24)9-12-17(20)21-22(25)18-5-3-4-6-19(18)29-23(21)14-7-10-16(11-8-14)30(2,26)27/h3-13H,1-2H3. The van der Waals surface area contributed by atoms with Crippen molar-refractivity contribution in [2.45, 2.75) is 4.90 Å². The van der Waals surface area contributed by atoms with Gasteiger partial charge in [0.05, 0.1) is 23.0 Å². The van der Waals surface area contributed by atoms with Crippen molar-refractivity contribution in [1.82, 2.24) is 0 Å². The van der Waals surface area contributed by atoms with E-state index in [0.717, 1.165) is 6.26 Å². The summed E-state index contributed by atoms with van der Waals surface area (Å²) in [6.45, 7) is 0. The van der Waals surface area contributed by atoms with E-state index in [4.69, 9.17) is 20.8 Å². The minimum absolute atomic E-state index is 0.181. The maximum Gasteiger partial charge on any atom is 0.201 e. The summed E-state index contributed by atoms with van der Waals surface area (Å²) in [5.74, 6) is 0.749. The van der Waals surface area contributed by atoms with E-state index < -0.39 is 9.84 Å². The fourth-order valence-corrected chi connectivity index (χ4v) is 4.11. The van der Waals surface area contributed by atoms with Gasteiger partial charge in [0.15, 0.2) is 9.84 Å². The molecule has 4 rings (SSSR count). The molecule has 0 bridgehead atoms. The lowest BCUT2D eigenvalue weighted by Gasteiger charge is -2.14. The SMILES string of the molecule is COc1cc(Cl)ccc1-c1c(-c2ccc(S(C)(=O)=O)cc2)oc2ccccc2c1=O. The number of sulfone groups is 1. The molecular formula is C23H17ClO5S. The molecule has 0 spiro atoms. The van der Waals surface area contributed by atoms with Gasteiger partial charge in [-0.15, -0.1) is 0 Å². The molecule has 0 aliphatic rings. The maximum absolute atomic E-state index is 13.5. The molecule has 0 atom stereocenters. The number of halogens is 1. The highest BCUT2D eigenvalue weighted by Crippen LogP contribution is 2.38. The van der Waals surface area contributed by atoms with Gasteiger partial charge in [-0.1, -0.05) is 23.7 Å². The van der Waals surface area contributed by atoms with Gasteiger partial charge in [-0.25, -0.2) is 8.42 Å². The predicted molar refractivity (Wildman–Crippen MR) is 118 cm³/mol. The highest BCUT2D eigenvalue weighted by Gasteiger charge is 2.21. The van der Waals surface area contributed by atoms with Crippen molar-refractivity contribution in [3.63, 3.8) is 0 Å². The smallest absolute Gasteiger partial charge is 0.201 e. The van der Waals surface area contributed by atoms with Crippen LogP contribution in [0.25, 0.3) is 33.4 Å². The van der Waals surface area contributed by atoms with Crippen molar-refractivity contribution >= 4 is 32.4 Å². The van der Waals surface area contributed by atoms with Gasteiger partial charge in [-0.3, -0.25) is 4.79 Å². The van der Waals surface area contributed by atoms with Gasteiger partial charge in [0, 0.05) is 22.4 Å². The van der Waals surface area contributed by atoms with Crippen molar-refractivity contribution < 1.29 is 17.6 Å². The van der Waals surface area contributed by atoms with Gasteiger partial charge in [-0.05, 0) is 54.6 Å². The lowest BCUT2D eigenvalue weighted by molar-refractivity contribution is 0.416. The summed E-state index contributed by atoms with van der Waals surface area (Å²) >= 11 is 6.10. The van der Waals surface area contributed by atoms with Crippen LogP contribution >= 0.6 is 11.6 Å². The number of benzene rings is 3. The van der Waals surface area contributed by atoms with Crippen molar-refractivity contribution in [3.8, 4) is 28.2 Å². The molecule has 0 radical (unpaired) electrons. The van der Waals surface area contributed by atoms with Crippen LogP contribution in [0.1, 0.15) is 0 Å².